The first-order valence-corrected chi connectivity index (χ1v) is 5.51. The lowest BCUT2D eigenvalue weighted by Crippen LogP contribution is -2.38. The van der Waals surface area contributed by atoms with Crippen LogP contribution < -0.4 is 21.7 Å². The van der Waals surface area contributed by atoms with Crippen LogP contribution in [0.3, 0.4) is 0 Å². The van der Waals surface area contributed by atoms with E-state index >= 15 is 0 Å². The Hall–Kier alpha value is -2.84. The van der Waals surface area contributed by atoms with Crippen LogP contribution in [0.2, 0.25) is 0 Å². The summed E-state index contributed by atoms with van der Waals surface area (Å²) in [5.74, 6) is -2.09. The lowest BCUT2D eigenvalue weighted by molar-refractivity contribution is 0.0697. The van der Waals surface area contributed by atoms with Gasteiger partial charge in [0.1, 0.15) is 5.82 Å². The molecule has 1 aromatic carbocycles. The Morgan fingerprint density at radius 1 is 1.20 bits per heavy atom. The molecule has 0 fully saturated rings. The van der Waals surface area contributed by atoms with Gasteiger partial charge in [-0.2, -0.15) is 0 Å². The number of rotatable bonds is 5. The van der Waals surface area contributed by atoms with Crippen LogP contribution in [0.4, 0.5) is 19.7 Å². The van der Waals surface area contributed by atoms with E-state index in [1.54, 1.807) is 0 Å². The topological polar surface area (TPSA) is 134 Å². The third-order valence-electron chi connectivity index (χ3n) is 2.17. The third kappa shape index (κ3) is 4.80. The number of anilines is 1. The molecule has 108 valence electrons. The van der Waals surface area contributed by atoms with Crippen molar-refractivity contribution in [1.29, 1.82) is 0 Å². The number of carbonyl (C=O) groups excluding carboxylic acids is 2. The molecule has 0 unspecified atom stereocenters. The largest absolute Gasteiger partial charge is 0.478 e. The lowest BCUT2D eigenvalue weighted by Gasteiger charge is -2.10. The number of amides is 4. The van der Waals surface area contributed by atoms with Gasteiger partial charge in [-0.1, -0.05) is 0 Å². The molecule has 20 heavy (non-hydrogen) atoms. The van der Waals surface area contributed by atoms with Crippen molar-refractivity contribution in [3.8, 4) is 0 Å². The van der Waals surface area contributed by atoms with Gasteiger partial charge in [-0.15, -0.1) is 0 Å². The Morgan fingerprint density at radius 2 is 1.85 bits per heavy atom. The first-order valence-electron chi connectivity index (χ1n) is 5.51. The first kappa shape index (κ1) is 15.2. The SMILES string of the molecule is NC(=O)NCCNC(=O)Nc1ccc(F)cc1C(=O)O. The summed E-state index contributed by atoms with van der Waals surface area (Å²) in [4.78, 5) is 32.7. The minimum absolute atomic E-state index is 0.0424. The minimum atomic E-state index is -1.37. The smallest absolute Gasteiger partial charge is 0.337 e. The van der Waals surface area contributed by atoms with Gasteiger partial charge < -0.3 is 26.8 Å². The van der Waals surface area contributed by atoms with Crippen LogP contribution in [0, 0.1) is 5.82 Å². The first-order chi connectivity index (χ1) is 9.40. The molecule has 6 N–H and O–H groups in total. The van der Waals surface area contributed by atoms with E-state index in [1.807, 2.05) is 0 Å². The van der Waals surface area contributed by atoms with Gasteiger partial charge in [0.25, 0.3) is 0 Å². The summed E-state index contributed by atoms with van der Waals surface area (Å²) in [6.07, 6.45) is 0. The highest BCUT2D eigenvalue weighted by Crippen LogP contribution is 2.16. The van der Waals surface area contributed by atoms with Crippen molar-refractivity contribution in [2.24, 2.45) is 5.73 Å². The number of primary amides is 1. The highest BCUT2D eigenvalue weighted by molar-refractivity contribution is 5.99. The van der Waals surface area contributed by atoms with E-state index in [0.717, 1.165) is 18.2 Å². The molecule has 1 rings (SSSR count). The molecule has 0 heterocycles. The van der Waals surface area contributed by atoms with Crippen molar-refractivity contribution in [1.82, 2.24) is 10.6 Å². The molecule has 0 aromatic heterocycles. The van der Waals surface area contributed by atoms with E-state index in [9.17, 15) is 18.8 Å². The molecule has 9 heteroatoms. The number of carbonyl (C=O) groups is 3. The summed E-state index contributed by atoms with van der Waals surface area (Å²) in [5.41, 5.74) is 4.41. The van der Waals surface area contributed by atoms with Crippen LogP contribution in [-0.4, -0.2) is 36.2 Å². The summed E-state index contributed by atoms with van der Waals surface area (Å²) in [5, 5.41) is 15.8. The number of nitrogens with one attached hydrogen (secondary N) is 3. The van der Waals surface area contributed by atoms with Crippen molar-refractivity contribution in [3.63, 3.8) is 0 Å². The van der Waals surface area contributed by atoms with Crippen molar-refractivity contribution in [2.45, 2.75) is 0 Å². The van der Waals surface area contributed by atoms with Crippen molar-refractivity contribution >= 4 is 23.7 Å². The maximum atomic E-state index is 12.9. The summed E-state index contributed by atoms with van der Waals surface area (Å²) in [7, 11) is 0. The zero-order valence-electron chi connectivity index (χ0n) is 10.3. The van der Waals surface area contributed by atoms with E-state index in [1.165, 1.54) is 0 Å². The Morgan fingerprint density at radius 3 is 2.45 bits per heavy atom. The zero-order chi connectivity index (χ0) is 15.1. The molecule has 0 aliphatic rings. The number of halogens is 1. The van der Waals surface area contributed by atoms with Gasteiger partial charge in [0.2, 0.25) is 0 Å². The van der Waals surface area contributed by atoms with Gasteiger partial charge in [0.05, 0.1) is 11.3 Å². The van der Waals surface area contributed by atoms with Crippen LogP contribution in [0.25, 0.3) is 0 Å². The molecule has 0 bridgehead atoms. The predicted octanol–water partition coefficient (Wildman–Crippen LogP) is 0.314. The number of carboxylic acids is 1. The second-order valence-corrected chi connectivity index (χ2v) is 3.67. The molecule has 0 saturated carbocycles. The maximum absolute atomic E-state index is 12.9. The predicted molar refractivity (Wildman–Crippen MR) is 68.0 cm³/mol. The quantitative estimate of drug-likeness (QED) is 0.497. The van der Waals surface area contributed by atoms with Gasteiger partial charge in [0.15, 0.2) is 0 Å². The fraction of sp³-hybridized carbons (Fsp3) is 0.182. The number of nitrogens with two attached hydrogens (primary N) is 1. The Bertz CT molecular complexity index is 535. The van der Waals surface area contributed by atoms with Gasteiger partial charge >= 0.3 is 18.0 Å². The molecule has 0 atom stereocenters. The molecular weight excluding hydrogens is 271 g/mol. The fourth-order valence-corrected chi connectivity index (χ4v) is 1.33. The normalized spacial score (nSPS) is 9.65. The van der Waals surface area contributed by atoms with Crippen LogP contribution >= 0.6 is 0 Å². The number of aromatic carboxylic acids is 1. The van der Waals surface area contributed by atoms with Crippen molar-refractivity contribution in [3.05, 3.63) is 29.6 Å². The molecule has 0 aliphatic heterocycles. The third-order valence-corrected chi connectivity index (χ3v) is 2.17. The van der Waals surface area contributed by atoms with E-state index < -0.39 is 23.8 Å². The van der Waals surface area contributed by atoms with Gasteiger partial charge in [-0.25, -0.2) is 18.8 Å². The van der Waals surface area contributed by atoms with E-state index in [4.69, 9.17) is 10.8 Å². The summed E-state index contributed by atoms with van der Waals surface area (Å²) in [6, 6.07) is 1.55. The Labute approximate surface area is 113 Å². The van der Waals surface area contributed by atoms with E-state index in [-0.39, 0.29) is 24.3 Å². The molecule has 0 spiro atoms. The Kier molecular flexibility index (Phi) is 5.27. The fourth-order valence-electron chi connectivity index (χ4n) is 1.33. The van der Waals surface area contributed by atoms with E-state index in [2.05, 4.69) is 16.0 Å². The summed E-state index contributed by atoms with van der Waals surface area (Å²) < 4.78 is 12.9. The number of carboxylic acid groups (broad SMARTS) is 1. The Balaban J connectivity index is 2.57. The summed E-state index contributed by atoms with van der Waals surface area (Å²) >= 11 is 0. The van der Waals surface area contributed by atoms with Crippen LogP contribution in [0.5, 0.6) is 0 Å². The zero-order valence-corrected chi connectivity index (χ0v) is 10.3. The molecule has 0 radical (unpaired) electrons. The van der Waals surface area contributed by atoms with Gasteiger partial charge in [0, 0.05) is 13.1 Å². The number of urea groups is 2. The standard InChI is InChI=1S/C11H13FN4O4/c12-6-1-2-8(7(5-6)9(17)18)16-11(20)15-4-3-14-10(13)19/h1-2,5H,3-4H2,(H,17,18)(H3,13,14,19)(H2,15,16,20). The minimum Gasteiger partial charge on any atom is -0.478 e. The molecule has 4 amide bonds. The van der Waals surface area contributed by atoms with Gasteiger partial charge in [-0.3, -0.25) is 0 Å². The summed E-state index contributed by atoms with van der Waals surface area (Å²) in [6.45, 7) is 0.219. The number of benzene rings is 1. The molecular formula is C11H13FN4O4. The van der Waals surface area contributed by atoms with Crippen molar-refractivity contribution in [2.75, 3.05) is 18.4 Å². The van der Waals surface area contributed by atoms with Crippen LogP contribution in [0.1, 0.15) is 10.4 Å². The van der Waals surface area contributed by atoms with Crippen LogP contribution in [0.15, 0.2) is 18.2 Å². The monoisotopic (exact) mass is 284 g/mol. The molecule has 0 aliphatic carbocycles. The molecule has 8 nitrogen and oxygen atoms in total. The average Bonchev–Trinajstić information content (AvgIpc) is 2.36. The maximum Gasteiger partial charge on any atom is 0.337 e. The second-order valence-electron chi connectivity index (χ2n) is 3.67. The number of hydrogen-bond acceptors (Lipinski definition) is 3. The second kappa shape index (κ2) is 6.92. The molecule has 0 saturated heterocycles. The van der Waals surface area contributed by atoms with E-state index in [0.29, 0.717) is 0 Å². The highest BCUT2D eigenvalue weighted by atomic mass is 19.1. The van der Waals surface area contributed by atoms with Crippen molar-refractivity contribution < 1.29 is 23.9 Å². The van der Waals surface area contributed by atoms with Gasteiger partial charge in [-0.05, 0) is 18.2 Å². The average molecular weight is 284 g/mol. The van der Waals surface area contributed by atoms with Crippen LogP contribution in [-0.2, 0) is 0 Å². The highest BCUT2D eigenvalue weighted by Gasteiger charge is 2.13. The molecule has 1 aromatic rings. The lowest BCUT2D eigenvalue weighted by atomic mass is 10.2. The number of hydrogen-bond donors (Lipinski definition) is 5.